The third-order valence-corrected chi connectivity index (χ3v) is 2.43. The van der Waals surface area contributed by atoms with Gasteiger partial charge in [-0.1, -0.05) is 31.5 Å². The van der Waals surface area contributed by atoms with Gasteiger partial charge in [-0.2, -0.15) is 10.2 Å². The van der Waals surface area contributed by atoms with Crippen LogP contribution in [0.4, 0.5) is 11.4 Å². The summed E-state index contributed by atoms with van der Waals surface area (Å²) in [6.45, 7) is 6.01. The van der Waals surface area contributed by atoms with Crippen molar-refractivity contribution in [2.75, 3.05) is 0 Å². The van der Waals surface area contributed by atoms with Crippen LogP contribution in [0.15, 0.2) is 58.8 Å². The molecule has 1 N–H and O–H groups in total. The fourth-order valence-electron chi connectivity index (χ4n) is 1.40. The maximum absolute atomic E-state index is 10.7. The number of carboxylic acids is 1. The normalized spacial score (nSPS) is 9.95. The first-order chi connectivity index (χ1) is 9.65. The van der Waals surface area contributed by atoms with E-state index in [-0.39, 0.29) is 5.56 Å². The molecule has 0 bridgehead atoms. The van der Waals surface area contributed by atoms with Crippen molar-refractivity contribution in [3.63, 3.8) is 0 Å². The highest BCUT2D eigenvalue weighted by Crippen LogP contribution is 2.18. The van der Waals surface area contributed by atoms with E-state index in [1.54, 1.807) is 12.1 Å². The van der Waals surface area contributed by atoms with E-state index in [4.69, 9.17) is 5.11 Å². The van der Waals surface area contributed by atoms with Crippen LogP contribution in [0.1, 0.15) is 29.8 Å². The van der Waals surface area contributed by atoms with Gasteiger partial charge in [0.15, 0.2) is 0 Å². The molecule has 0 heterocycles. The van der Waals surface area contributed by atoms with E-state index in [1.165, 1.54) is 17.7 Å². The summed E-state index contributed by atoms with van der Waals surface area (Å²) < 4.78 is 0. The Kier molecular flexibility index (Phi) is 6.10. The van der Waals surface area contributed by atoms with Crippen molar-refractivity contribution in [1.82, 2.24) is 0 Å². The first-order valence-corrected chi connectivity index (χ1v) is 6.47. The molecule has 2 aromatic rings. The Labute approximate surface area is 118 Å². The van der Waals surface area contributed by atoms with E-state index in [0.717, 1.165) is 5.69 Å². The molecule has 0 saturated carbocycles. The van der Waals surface area contributed by atoms with Crippen LogP contribution in [0, 0.1) is 6.92 Å². The predicted molar refractivity (Wildman–Crippen MR) is 80.1 cm³/mol. The molecule has 0 aliphatic rings. The van der Waals surface area contributed by atoms with Gasteiger partial charge in [0.2, 0.25) is 0 Å². The first-order valence-electron chi connectivity index (χ1n) is 6.47. The van der Waals surface area contributed by atoms with Crippen molar-refractivity contribution in [1.29, 1.82) is 0 Å². The Morgan fingerprint density at radius 3 is 1.65 bits per heavy atom. The topological polar surface area (TPSA) is 62.0 Å². The highest BCUT2D eigenvalue weighted by molar-refractivity contribution is 5.87. The quantitative estimate of drug-likeness (QED) is 0.785. The van der Waals surface area contributed by atoms with Gasteiger partial charge in [-0.25, -0.2) is 4.79 Å². The molecule has 0 amide bonds. The number of rotatable bonds is 3. The third kappa shape index (κ3) is 4.65. The molecule has 0 aliphatic heterocycles. The Morgan fingerprint density at radius 2 is 1.25 bits per heavy atom. The molecule has 0 saturated heterocycles. The average molecular weight is 270 g/mol. The lowest BCUT2D eigenvalue weighted by Crippen LogP contribution is -1.93. The highest BCUT2D eigenvalue weighted by atomic mass is 16.4. The number of carbonyl (C=O) groups is 1. The van der Waals surface area contributed by atoms with Crippen LogP contribution in [0.3, 0.4) is 0 Å². The minimum Gasteiger partial charge on any atom is -0.478 e. The van der Waals surface area contributed by atoms with Gasteiger partial charge in [0.05, 0.1) is 16.9 Å². The van der Waals surface area contributed by atoms with Gasteiger partial charge in [-0.05, 0) is 43.3 Å². The maximum atomic E-state index is 10.7. The zero-order chi connectivity index (χ0) is 15.0. The molecule has 104 valence electrons. The van der Waals surface area contributed by atoms with Gasteiger partial charge < -0.3 is 5.11 Å². The van der Waals surface area contributed by atoms with Crippen molar-refractivity contribution in [3.8, 4) is 0 Å². The van der Waals surface area contributed by atoms with E-state index < -0.39 is 5.97 Å². The predicted octanol–water partition coefficient (Wildman–Crippen LogP) is 5.13. The summed E-state index contributed by atoms with van der Waals surface area (Å²) in [7, 11) is 0. The number of nitrogens with zero attached hydrogens (tertiary/aromatic N) is 2. The monoisotopic (exact) mass is 270 g/mol. The molecule has 0 fully saturated rings. The van der Waals surface area contributed by atoms with Gasteiger partial charge in [0, 0.05) is 0 Å². The summed E-state index contributed by atoms with van der Waals surface area (Å²) in [5.41, 5.74) is 2.80. The zero-order valence-corrected chi connectivity index (χ0v) is 11.9. The smallest absolute Gasteiger partial charge is 0.335 e. The van der Waals surface area contributed by atoms with E-state index in [2.05, 4.69) is 10.2 Å². The largest absolute Gasteiger partial charge is 0.478 e. The molecular formula is C16H18N2O2. The van der Waals surface area contributed by atoms with Gasteiger partial charge >= 0.3 is 5.97 Å². The summed E-state index contributed by atoms with van der Waals surface area (Å²) >= 11 is 0. The molecule has 20 heavy (non-hydrogen) atoms. The fraction of sp³-hybridized carbons (Fsp3) is 0.188. The second-order valence-corrected chi connectivity index (χ2v) is 3.89. The van der Waals surface area contributed by atoms with Crippen LogP contribution in [0.5, 0.6) is 0 Å². The van der Waals surface area contributed by atoms with Crippen LogP contribution in [-0.4, -0.2) is 11.1 Å². The number of hydrogen-bond acceptors (Lipinski definition) is 3. The first kappa shape index (κ1) is 15.6. The standard InChI is InChI=1S/C14H12N2O2.C2H6/c1-10-2-6-12(7-3-10)15-16-13-8-4-11(5-9-13)14(17)18;1-2/h2-9H,1H3,(H,17,18);1-2H3. The van der Waals surface area contributed by atoms with Crippen LogP contribution in [-0.2, 0) is 0 Å². The summed E-state index contributed by atoms with van der Waals surface area (Å²) in [4.78, 5) is 10.7. The SMILES string of the molecule is CC.Cc1ccc(N=Nc2ccc(C(=O)O)cc2)cc1. The Bertz CT molecular complexity index is 572. The fourth-order valence-corrected chi connectivity index (χ4v) is 1.40. The van der Waals surface area contributed by atoms with Crippen LogP contribution in [0.2, 0.25) is 0 Å². The van der Waals surface area contributed by atoms with Crippen molar-refractivity contribution in [3.05, 3.63) is 59.7 Å². The molecular weight excluding hydrogens is 252 g/mol. The van der Waals surface area contributed by atoms with E-state index in [0.29, 0.717) is 5.69 Å². The average Bonchev–Trinajstić information content (AvgIpc) is 2.49. The van der Waals surface area contributed by atoms with Crippen molar-refractivity contribution < 1.29 is 9.90 Å². The summed E-state index contributed by atoms with van der Waals surface area (Å²) in [5.74, 6) is -0.947. The van der Waals surface area contributed by atoms with Gasteiger partial charge in [-0.3, -0.25) is 0 Å². The highest BCUT2D eigenvalue weighted by Gasteiger charge is 2.00. The minimum absolute atomic E-state index is 0.240. The Morgan fingerprint density at radius 1 is 0.850 bits per heavy atom. The van der Waals surface area contributed by atoms with Crippen LogP contribution in [0.25, 0.3) is 0 Å². The second-order valence-electron chi connectivity index (χ2n) is 3.89. The molecule has 4 heteroatoms. The van der Waals surface area contributed by atoms with E-state index >= 15 is 0 Å². The Hall–Kier alpha value is -2.49. The summed E-state index contributed by atoms with van der Waals surface area (Å²) in [6.07, 6.45) is 0. The molecule has 0 aromatic heterocycles. The number of aryl methyl sites for hydroxylation is 1. The molecule has 0 spiro atoms. The number of azo groups is 1. The van der Waals surface area contributed by atoms with E-state index in [1.807, 2.05) is 45.0 Å². The Balaban J connectivity index is 0.000000956. The lowest BCUT2D eigenvalue weighted by atomic mass is 10.2. The third-order valence-electron chi connectivity index (χ3n) is 2.43. The summed E-state index contributed by atoms with van der Waals surface area (Å²) in [6, 6.07) is 13.9. The number of aromatic carboxylic acids is 1. The lowest BCUT2D eigenvalue weighted by molar-refractivity contribution is 0.0697. The molecule has 0 radical (unpaired) electrons. The zero-order valence-electron chi connectivity index (χ0n) is 11.9. The number of hydrogen-bond donors (Lipinski definition) is 1. The molecule has 0 atom stereocenters. The minimum atomic E-state index is -0.947. The lowest BCUT2D eigenvalue weighted by Gasteiger charge is -1.96. The maximum Gasteiger partial charge on any atom is 0.335 e. The number of carboxylic acid groups (broad SMARTS) is 1. The van der Waals surface area contributed by atoms with Gasteiger partial charge in [0.1, 0.15) is 0 Å². The second kappa shape index (κ2) is 7.84. The van der Waals surface area contributed by atoms with Crippen LogP contribution >= 0.6 is 0 Å². The van der Waals surface area contributed by atoms with E-state index in [9.17, 15) is 4.79 Å². The van der Waals surface area contributed by atoms with Crippen molar-refractivity contribution >= 4 is 17.3 Å². The van der Waals surface area contributed by atoms with Crippen LogP contribution < -0.4 is 0 Å². The van der Waals surface area contributed by atoms with Crippen molar-refractivity contribution in [2.45, 2.75) is 20.8 Å². The van der Waals surface area contributed by atoms with Gasteiger partial charge in [-0.15, -0.1) is 0 Å². The number of benzene rings is 2. The summed E-state index contributed by atoms with van der Waals surface area (Å²) in [5, 5.41) is 16.9. The molecule has 0 unspecified atom stereocenters. The van der Waals surface area contributed by atoms with Crippen molar-refractivity contribution in [2.24, 2.45) is 10.2 Å². The molecule has 4 nitrogen and oxygen atoms in total. The molecule has 2 rings (SSSR count). The molecule has 0 aliphatic carbocycles. The van der Waals surface area contributed by atoms with Gasteiger partial charge in [0.25, 0.3) is 0 Å². The molecule has 2 aromatic carbocycles.